The molecule has 0 fully saturated rings. The van der Waals surface area contributed by atoms with Gasteiger partial charge in [-0.2, -0.15) is 0 Å². The number of nitrogens with zero attached hydrogens (tertiary/aromatic N) is 3. The third-order valence-corrected chi connectivity index (χ3v) is 2.55. The molecule has 0 spiro atoms. The van der Waals surface area contributed by atoms with Crippen molar-refractivity contribution in [2.45, 2.75) is 60.3 Å². The van der Waals surface area contributed by atoms with Crippen LogP contribution >= 0.6 is 0 Å². The fourth-order valence-corrected chi connectivity index (χ4v) is 1.23. The van der Waals surface area contributed by atoms with E-state index >= 15 is 0 Å². The maximum Gasteiger partial charge on any atom is 0.159 e. The van der Waals surface area contributed by atoms with Gasteiger partial charge in [0.15, 0.2) is 5.78 Å². The van der Waals surface area contributed by atoms with Crippen molar-refractivity contribution in [1.29, 1.82) is 0 Å². The van der Waals surface area contributed by atoms with E-state index in [-0.39, 0.29) is 30.1 Å². The van der Waals surface area contributed by atoms with Crippen molar-refractivity contribution in [3.63, 3.8) is 0 Å². The van der Waals surface area contributed by atoms with Gasteiger partial charge in [-0.25, -0.2) is 4.68 Å². The second-order valence-corrected chi connectivity index (χ2v) is 6.80. The summed E-state index contributed by atoms with van der Waals surface area (Å²) in [5, 5.41) is 7.89. The molecular weight excluding hydrogens is 258 g/mol. The Hall–Kier alpha value is -1.27. The van der Waals surface area contributed by atoms with Gasteiger partial charge in [-0.05, 0) is 20.8 Å². The highest BCUT2D eigenvalue weighted by atomic mass is 16.7. The quantitative estimate of drug-likeness (QED) is 0.591. The molecule has 1 rings (SSSR count). The lowest BCUT2D eigenvalue weighted by Crippen LogP contribution is -2.25. The summed E-state index contributed by atoms with van der Waals surface area (Å²) in [6, 6.07) is 0. The predicted molar refractivity (Wildman–Crippen MR) is 75.0 cm³/mol. The molecule has 1 aromatic rings. The molecule has 0 atom stereocenters. The summed E-state index contributed by atoms with van der Waals surface area (Å²) in [6.45, 7) is 12.3. The fourth-order valence-electron chi connectivity index (χ4n) is 1.23. The molecule has 20 heavy (non-hydrogen) atoms. The van der Waals surface area contributed by atoms with E-state index in [2.05, 4.69) is 10.3 Å². The molecule has 0 aromatic carbocycles. The van der Waals surface area contributed by atoms with Crippen LogP contribution in [-0.2, 0) is 27.4 Å². The van der Waals surface area contributed by atoms with Crippen LogP contribution in [0, 0.1) is 5.41 Å². The van der Waals surface area contributed by atoms with E-state index in [1.54, 1.807) is 6.20 Å². The summed E-state index contributed by atoms with van der Waals surface area (Å²) in [4.78, 5) is 11.9. The van der Waals surface area contributed by atoms with Gasteiger partial charge in [0.25, 0.3) is 0 Å². The van der Waals surface area contributed by atoms with E-state index in [0.717, 1.165) is 0 Å². The SMILES string of the molecule is CC(C)(C)OCOCc1cn(CC(=O)C(C)(C)C)nn1. The van der Waals surface area contributed by atoms with Crippen molar-refractivity contribution in [3.05, 3.63) is 11.9 Å². The Morgan fingerprint density at radius 3 is 2.45 bits per heavy atom. The molecule has 114 valence electrons. The molecule has 0 saturated carbocycles. The Morgan fingerprint density at radius 1 is 1.25 bits per heavy atom. The van der Waals surface area contributed by atoms with Crippen LogP contribution in [0.2, 0.25) is 0 Å². The fraction of sp³-hybridized carbons (Fsp3) is 0.786. The third kappa shape index (κ3) is 6.25. The molecule has 0 aliphatic rings. The van der Waals surface area contributed by atoms with Gasteiger partial charge in [-0.1, -0.05) is 26.0 Å². The van der Waals surface area contributed by atoms with Gasteiger partial charge in [0, 0.05) is 5.41 Å². The summed E-state index contributed by atoms with van der Waals surface area (Å²) in [6.07, 6.45) is 1.72. The standard InChI is InChI=1S/C14H25N3O3/c1-13(2,3)12(18)8-17-7-11(15-16-17)9-19-10-20-14(4,5)6/h7H,8-10H2,1-6H3. The highest BCUT2D eigenvalue weighted by Crippen LogP contribution is 2.15. The number of carbonyl (C=O) groups excluding carboxylic acids is 1. The number of ether oxygens (including phenoxy) is 2. The van der Waals surface area contributed by atoms with Crippen LogP contribution < -0.4 is 0 Å². The van der Waals surface area contributed by atoms with E-state index in [1.165, 1.54) is 4.68 Å². The Balaban J connectivity index is 2.39. The molecule has 6 nitrogen and oxygen atoms in total. The minimum absolute atomic E-state index is 0.117. The molecule has 0 unspecified atom stereocenters. The highest BCUT2D eigenvalue weighted by Gasteiger charge is 2.21. The van der Waals surface area contributed by atoms with Crippen molar-refractivity contribution in [1.82, 2.24) is 15.0 Å². The smallest absolute Gasteiger partial charge is 0.159 e. The van der Waals surface area contributed by atoms with E-state index in [0.29, 0.717) is 12.3 Å². The summed E-state index contributed by atoms with van der Waals surface area (Å²) in [7, 11) is 0. The molecule has 1 aromatic heterocycles. The second kappa shape index (κ2) is 6.45. The first kappa shape index (κ1) is 16.8. The van der Waals surface area contributed by atoms with E-state index in [9.17, 15) is 4.79 Å². The lowest BCUT2D eigenvalue weighted by molar-refractivity contribution is -0.127. The van der Waals surface area contributed by atoms with Crippen molar-refractivity contribution in [2.24, 2.45) is 5.41 Å². The largest absolute Gasteiger partial charge is 0.350 e. The van der Waals surface area contributed by atoms with E-state index < -0.39 is 0 Å². The number of rotatable bonds is 6. The average Bonchev–Trinajstić information content (AvgIpc) is 2.69. The molecule has 0 aliphatic heterocycles. The van der Waals surface area contributed by atoms with Crippen LogP contribution in [0.4, 0.5) is 0 Å². The lowest BCUT2D eigenvalue weighted by Gasteiger charge is -2.18. The molecule has 6 heteroatoms. The number of aromatic nitrogens is 3. The van der Waals surface area contributed by atoms with Crippen molar-refractivity contribution >= 4 is 5.78 Å². The minimum Gasteiger partial charge on any atom is -0.350 e. The number of ketones is 1. The Labute approximate surface area is 120 Å². The topological polar surface area (TPSA) is 66.2 Å². The Bertz CT molecular complexity index is 441. The van der Waals surface area contributed by atoms with E-state index in [4.69, 9.17) is 9.47 Å². The van der Waals surface area contributed by atoms with Gasteiger partial charge < -0.3 is 9.47 Å². The maximum absolute atomic E-state index is 11.9. The zero-order valence-corrected chi connectivity index (χ0v) is 13.3. The van der Waals surface area contributed by atoms with Gasteiger partial charge in [0.05, 0.1) is 18.4 Å². The van der Waals surface area contributed by atoms with Crippen molar-refractivity contribution in [3.8, 4) is 0 Å². The van der Waals surface area contributed by atoms with Gasteiger partial charge in [-0.15, -0.1) is 5.10 Å². The summed E-state index contributed by atoms with van der Waals surface area (Å²) < 4.78 is 12.3. The van der Waals surface area contributed by atoms with Gasteiger partial charge in [-0.3, -0.25) is 4.79 Å². The van der Waals surface area contributed by atoms with Crippen LogP contribution in [0.25, 0.3) is 0 Å². The van der Waals surface area contributed by atoms with Crippen LogP contribution in [0.15, 0.2) is 6.20 Å². The Kier molecular flexibility index (Phi) is 5.42. The molecule has 0 amide bonds. The molecular formula is C14H25N3O3. The predicted octanol–water partition coefficient (Wildman–Crippen LogP) is 2.18. The number of hydrogen-bond donors (Lipinski definition) is 0. The lowest BCUT2D eigenvalue weighted by atomic mass is 9.91. The molecule has 0 bridgehead atoms. The first-order chi connectivity index (χ1) is 9.08. The first-order valence-corrected chi connectivity index (χ1v) is 6.72. The zero-order chi connectivity index (χ0) is 15.4. The summed E-state index contributed by atoms with van der Waals surface area (Å²) in [5.41, 5.74) is 0.0871. The van der Waals surface area contributed by atoms with Crippen LogP contribution in [-0.4, -0.2) is 33.2 Å². The maximum atomic E-state index is 11.9. The molecule has 0 saturated heterocycles. The van der Waals surface area contributed by atoms with Gasteiger partial charge in [0.2, 0.25) is 0 Å². The zero-order valence-electron chi connectivity index (χ0n) is 13.3. The second-order valence-electron chi connectivity index (χ2n) is 6.80. The van der Waals surface area contributed by atoms with Crippen LogP contribution in [0.3, 0.4) is 0 Å². The number of hydrogen-bond acceptors (Lipinski definition) is 5. The third-order valence-electron chi connectivity index (χ3n) is 2.55. The summed E-state index contributed by atoms with van der Waals surface area (Å²) in [5.74, 6) is 0.117. The Morgan fingerprint density at radius 2 is 1.90 bits per heavy atom. The molecule has 0 radical (unpaired) electrons. The summed E-state index contributed by atoms with van der Waals surface area (Å²) >= 11 is 0. The molecule has 0 N–H and O–H groups in total. The van der Waals surface area contributed by atoms with Crippen LogP contribution in [0.5, 0.6) is 0 Å². The van der Waals surface area contributed by atoms with E-state index in [1.807, 2.05) is 41.5 Å². The van der Waals surface area contributed by atoms with Crippen LogP contribution in [0.1, 0.15) is 47.2 Å². The van der Waals surface area contributed by atoms with Crippen molar-refractivity contribution in [2.75, 3.05) is 6.79 Å². The highest BCUT2D eigenvalue weighted by molar-refractivity contribution is 5.83. The van der Waals surface area contributed by atoms with Crippen molar-refractivity contribution < 1.29 is 14.3 Å². The number of carbonyl (C=O) groups is 1. The molecule has 0 aliphatic carbocycles. The monoisotopic (exact) mass is 283 g/mol. The number of Topliss-reactive ketones (excluding diaryl/α,β-unsaturated/α-hetero) is 1. The van der Waals surface area contributed by atoms with Gasteiger partial charge >= 0.3 is 0 Å². The van der Waals surface area contributed by atoms with Gasteiger partial charge in [0.1, 0.15) is 19.0 Å². The first-order valence-electron chi connectivity index (χ1n) is 6.72. The minimum atomic E-state index is -0.372. The average molecular weight is 283 g/mol. The normalized spacial score (nSPS) is 12.7. The molecule has 1 heterocycles.